The number of hydrogen-bond donors (Lipinski definition) is 1. The molecule has 1 amide bonds. The molecule has 0 saturated carbocycles. The molecule has 0 bridgehead atoms. The molecular formula is C18H15N3O3S. The maximum Gasteiger partial charge on any atom is 0.269 e. The second kappa shape index (κ2) is 7.31. The van der Waals surface area contributed by atoms with E-state index in [9.17, 15) is 14.9 Å². The molecule has 1 saturated heterocycles. The van der Waals surface area contributed by atoms with E-state index >= 15 is 0 Å². The van der Waals surface area contributed by atoms with Gasteiger partial charge < -0.3 is 5.32 Å². The van der Waals surface area contributed by atoms with E-state index in [2.05, 4.69) is 17.2 Å². The molecule has 1 heterocycles. The van der Waals surface area contributed by atoms with Crippen molar-refractivity contribution in [1.29, 1.82) is 0 Å². The van der Waals surface area contributed by atoms with Crippen LogP contribution in [0.1, 0.15) is 18.1 Å². The molecule has 0 atom stereocenters. The van der Waals surface area contributed by atoms with E-state index in [1.165, 1.54) is 29.5 Å². The van der Waals surface area contributed by atoms with Gasteiger partial charge in [0.05, 0.1) is 15.5 Å². The van der Waals surface area contributed by atoms with Crippen molar-refractivity contribution >= 4 is 40.3 Å². The van der Waals surface area contributed by atoms with Gasteiger partial charge in [0.1, 0.15) is 0 Å². The minimum absolute atomic E-state index is 0.0171. The molecule has 3 rings (SSSR count). The molecule has 1 aliphatic rings. The number of aryl methyl sites for hydroxylation is 1. The Morgan fingerprint density at radius 2 is 1.84 bits per heavy atom. The van der Waals surface area contributed by atoms with Crippen molar-refractivity contribution in [3.8, 4) is 0 Å². The fourth-order valence-electron chi connectivity index (χ4n) is 2.25. The van der Waals surface area contributed by atoms with Gasteiger partial charge in [-0.25, -0.2) is 4.99 Å². The molecular weight excluding hydrogens is 338 g/mol. The van der Waals surface area contributed by atoms with Crippen molar-refractivity contribution in [3.05, 3.63) is 74.7 Å². The van der Waals surface area contributed by atoms with Crippen LogP contribution in [0.3, 0.4) is 0 Å². The van der Waals surface area contributed by atoms with E-state index in [-0.39, 0.29) is 11.6 Å². The second-order valence-electron chi connectivity index (χ2n) is 5.35. The van der Waals surface area contributed by atoms with Crippen LogP contribution in [-0.2, 0) is 11.2 Å². The average molecular weight is 353 g/mol. The summed E-state index contributed by atoms with van der Waals surface area (Å²) in [4.78, 5) is 27.2. The van der Waals surface area contributed by atoms with Crippen molar-refractivity contribution in [2.45, 2.75) is 13.3 Å². The number of benzene rings is 2. The second-order valence-corrected chi connectivity index (χ2v) is 6.38. The zero-order valence-corrected chi connectivity index (χ0v) is 14.2. The number of nitro groups is 1. The lowest BCUT2D eigenvalue weighted by molar-refractivity contribution is -0.384. The van der Waals surface area contributed by atoms with Crippen LogP contribution >= 0.6 is 11.8 Å². The van der Waals surface area contributed by atoms with Gasteiger partial charge in [0, 0.05) is 12.1 Å². The first-order valence-electron chi connectivity index (χ1n) is 7.68. The highest BCUT2D eigenvalue weighted by Crippen LogP contribution is 2.28. The van der Waals surface area contributed by atoms with E-state index in [0.29, 0.717) is 10.1 Å². The Hall–Kier alpha value is -2.93. The average Bonchev–Trinajstić information content (AvgIpc) is 2.95. The number of aliphatic imine (C=N–C) groups is 1. The van der Waals surface area contributed by atoms with Gasteiger partial charge in [-0.2, -0.15) is 0 Å². The third-order valence-electron chi connectivity index (χ3n) is 3.63. The van der Waals surface area contributed by atoms with Gasteiger partial charge in [0.15, 0.2) is 5.17 Å². The lowest BCUT2D eigenvalue weighted by Gasteiger charge is -1.98. The normalized spacial score (nSPS) is 17.1. The first-order valence-corrected chi connectivity index (χ1v) is 8.50. The summed E-state index contributed by atoms with van der Waals surface area (Å²) < 4.78 is 0. The smallest absolute Gasteiger partial charge is 0.269 e. The summed E-state index contributed by atoms with van der Waals surface area (Å²) >= 11 is 1.25. The van der Waals surface area contributed by atoms with Gasteiger partial charge >= 0.3 is 0 Å². The zero-order chi connectivity index (χ0) is 17.8. The molecule has 1 aliphatic heterocycles. The maximum absolute atomic E-state index is 12.1. The lowest BCUT2D eigenvalue weighted by atomic mass is 10.2. The van der Waals surface area contributed by atoms with Gasteiger partial charge in [0.2, 0.25) is 0 Å². The standard InChI is InChI=1S/C18H15N3O3S/c1-2-12-3-7-14(8-4-12)19-18-20-17(22)16(25-18)11-13-5-9-15(10-6-13)21(23)24/h3-11H,2H2,1H3,(H,19,20,22). The molecule has 7 heteroatoms. The number of nitro benzene ring substituents is 1. The Balaban J connectivity index is 1.77. The third-order valence-corrected chi connectivity index (χ3v) is 4.54. The number of non-ortho nitro benzene ring substituents is 1. The number of carbonyl (C=O) groups excluding carboxylic acids is 1. The summed E-state index contributed by atoms with van der Waals surface area (Å²) in [5, 5.41) is 13.9. The molecule has 0 spiro atoms. The van der Waals surface area contributed by atoms with E-state index in [1.54, 1.807) is 18.2 Å². The van der Waals surface area contributed by atoms with Crippen LogP contribution in [0.4, 0.5) is 11.4 Å². The quantitative estimate of drug-likeness (QED) is 0.510. The Kier molecular flexibility index (Phi) is 4.95. The fraction of sp³-hybridized carbons (Fsp3) is 0.111. The highest BCUT2D eigenvalue weighted by molar-refractivity contribution is 8.18. The van der Waals surface area contributed by atoms with Crippen LogP contribution < -0.4 is 5.32 Å². The molecule has 126 valence electrons. The monoisotopic (exact) mass is 353 g/mol. The maximum atomic E-state index is 12.1. The summed E-state index contributed by atoms with van der Waals surface area (Å²) in [6.45, 7) is 2.09. The number of thioether (sulfide) groups is 1. The van der Waals surface area contributed by atoms with Crippen molar-refractivity contribution in [2.75, 3.05) is 0 Å². The van der Waals surface area contributed by atoms with Gasteiger partial charge in [-0.05, 0) is 59.7 Å². The van der Waals surface area contributed by atoms with Crippen LogP contribution in [0.25, 0.3) is 6.08 Å². The Labute approximate surface area is 148 Å². The molecule has 2 aromatic rings. The van der Waals surface area contributed by atoms with Gasteiger partial charge in [-0.15, -0.1) is 0 Å². The molecule has 0 unspecified atom stereocenters. The third kappa shape index (κ3) is 4.13. The molecule has 6 nitrogen and oxygen atoms in total. The minimum atomic E-state index is -0.456. The highest BCUT2D eigenvalue weighted by atomic mass is 32.2. The largest absolute Gasteiger partial charge is 0.300 e. The minimum Gasteiger partial charge on any atom is -0.300 e. The molecule has 0 aliphatic carbocycles. The predicted molar refractivity (Wildman–Crippen MR) is 99.7 cm³/mol. The number of amides is 1. The fourth-order valence-corrected chi connectivity index (χ4v) is 3.09. The summed E-state index contributed by atoms with van der Waals surface area (Å²) in [5.41, 5.74) is 2.74. The summed E-state index contributed by atoms with van der Waals surface area (Å²) in [5.74, 6) is -0.229. The Morgan fingerprint density at radius 3 is 2.44 bits per heavy atom. The molecule has 0 aromatic heterocycles. The summed E-state index contributed by atoms with van der Waals surface area (Å²) in [6.07, 6.45) is 2.65. The lowest BCUT2D eigenvalue weighted by Crippen LogP contribution is -2.19. The number of amidine groups is 1. The Morgan fingerprint density at radius 1 is 1.16 bits per heavy atom. The molecule has 1 N–H and O–H groups in total. The number of hydrogen-bond acceptors (Lipinski definition) is 5. The highest BCUT2D eigenvalue weighted by Gasteiger charge is 2.23. The number of rotatable bonds is 4. The number of carbonyl (C=O) groups is 1. The van der Waals surface area contributed by atoms with Crippen LogP contribution in [-0.4, -0.2) is 16.0 Å². The van der Waals surface area contributed by atoms with Crippen LogP contribution in [0, 0.1) is 10.1 Å². The molecule has 1 fully saturated rings. The van der Waals surface area contributed by atoms with E-state index < -0.39 is 4.92 Å². The molecule has 0 radical (unpaired) electrons. The number of nitrogens with one attached hydrogen (secondary N) is 1. The first kappa shape index (κ1) is 16.9. The predicted octanol–water partition coefficient (Wildman–Crippen LogP) is 4.05. The molecule has 25 heavy (non-hydrogen) atoms. The van der Waals surface area contributed by atoms with Crippen molar-refractivity contribution < 1.29 is 9.72 Å². The van der Waals surface area contributed by atoms with Gasteiger partial charge in [-0.1, -0.05) is 19.1 Å². The van der Waals surface area contributed by atoms with E-state index in [4.69, 9.17) is 0 Å². The van der Waals surface area contributed by atoms with Gasteiger partial charge in [0.25, 0.3) is 11.6 Å². The van der Waals surface area contributed by atoms with Crippen molar-refractivity contribution in [3.63, 3.8) is 0 Å². The number of nitrogens with zero attached hydrogens (tertiary/aromatic N) is 2. The SMILES string of the molecule is CCc1ccc(N=C2NC(=O)C(=Cc3ccc([N+](=O)[O-])cc3)S2)cc1. The van der Waals surface area contributed by atoms with Crippen molar-refractivity contribution in [1.82, 2.24) is 5.32 Å². The van der Waals surface area contributed by atoms with Crippen molar-refractivity contribution in [2.24, 2.45) is 4.99 Å². The summed E-state index contributed by atoms with van der Waals surface area (Å²) in [6, 6.07) is 13.9. The van der Waals surface area contributed by atoms with Gasteiger partial charge in [-0.3, -0.25) is 14.9 Å². The topological polar surface area (TPSA) is 84.6 Å². The summed E-state index contributed by atoms with van der Waals surface area (Å²) in [7, 11) is 0. The molecule has 2 aromatic carbocycles. The van der Waals surface area contributed by atoms with Crippen LogP contribution in [0.2, 0.25) is 0 Å². The van der Waals surface area contributed by atoms with E-state index in [1.807, 2.05) is 24.3 Å². The van der Waals surface area contributed by atoms with Crippen LogP contribution in [0.5, 0.6) is 0 Å². The first-order chi connectivity index (χ1) is 12.0. The van der Waals surface area contributed by atoms with Crippen LogP contribution in [0.15, 0.2) is 58.4 Å². The Bertz CT molecular complexity index is 871. The zero-order valence-electron chi connectivity index (χ0n) is 13.4. The van der Waals surface area contributed by atoms with E-state index in [0.717, 1.165) is 17.7 Å².